The van der Waals surface area contributed by atoms with Crippen LogP contribution >= 0.6 is 11.6 Å². The molecule has 2 aliphatic rings. The molecule has 3 amide bonds. The summed E-state index contributed by atoms with van der Waals surface area (Å²) in [7, 11) is 0. The number of hydrogen-bond acceptors (Lipinski definition) is 5. The van der Waals surface area contributed by atoms with Crippen molar-refractivity contribution in [2.24, 2.45) is 0 Å². The van der Waals surface area contributed by atoms with Crippen LogP contribution in [-0.2, 0) is 9.59 Å². The fraction of sp³-hybridized carbons (Fsp3) is 0.318. The molecule has 0 saturated carbocycles. The number of nitrogens with zero attached hydrogens (tertiary/aromatic N) is 1. The van der Waals surface area contributed by atoms with E-state index in [-0.39, 0.29) is 36.1 Å². The molecule has 9 heteroatoms. The summed E-state index contributed by atoms with van der Waals surface area (Å²) in [5.74, 6) is -2.30. The standard InChI is InChI=1S/C22H21ClFN3O4/c1-12-2-3-13(8-18(12)23)27(14-10-25-11-14)22(30)31-15-4-5-16(19(24)9-15)17-6-7-20(28)26-21(17)29/h2-5,8-9,14,17,25H,6-7,10-11H2,1H3,(H,26,28,29)/t17-/m0/s1. The minimum Gasteiger partial charge on any atom is -0.410 e. The van der Waals surface area contributed by atoms with Crippen molar-refractivity contribution in [3.8, 4) is 5.75 Å². The van der Waals surface area contributed by atoms with Crippen molar-refractivity contribution in [3.63, 3.8) is 0 Å². The number of aryl methyl sites for hydroxylation is 1. The van der Waals surface area contributed by atoms with Gasteiger partial charge in [0.05, 0.1) is 12.0 Å². The zero-order chi connectivity index (χ0) is 22.1. The fourth-order valence-electron chi connectivity index (χ4n) is 3.65. The number of rotatable bonds is 4. The molecule has 2 heterocycles. The first-order chi connectivity index (χ1) is 14.8. The normalized spacial score (nSPS) is 18.9. The molecule has 2 saturated heterocycles. The summed E-state index contributed by atoms with van der Waals surface area (Å²) < 4.78 is 20.2. The van der Waals surface area contributed by atoms with E-state index < -0.39 is 23.7 Å². The minimum atomic E-state index is -0.755. The Bertz CT molecular complexity index is 1060. The average Bonchev–Trinajstić information content (AvgIpc) is 2.67. The van der Waals surface area contributed by atoms with Crippen LogP contribution in [0.3, 0.4) is 0 Å². The highest BCUT2D eigenvalue weighted by Crippen LogP contribution is 2.30. The molecule has 7 nitrogen and oxygen atoms in total. The third kappa shape index (κ3) is 4.40. The average molecular weight is 446 g/mol. The van der Waals surface area contributed by atoms with Crippen molar-refractivity contribution in [2.75, 3.05) is 18.0 Å². The highest BCUT2D eigenvalue weighted by atomic mass is 35.5. The van der Waals surface area contributed by atoms with Crippen LogP contribution < -0.4 is 20.3 Å². The summed E-state index contributed by atoms with van der Waals surface area (Å²) >= 11 is 6.22. The van der Waals surface area contributed by atoms with Crippen molar-refractivity contribution in [1.82, 2.24) is 10.6 Å². The lowest BCUT2D eigenvalue weighted by Crippen LogP contribution is -2.59. The number of carbonyl (C=O) groups is 3. The predicted molar refractivity (Wildman–Crippen MR) is 113 cm³/mol. The van der Waals surface area contributed by atoms with Gasteiger partial charge in [-0.15, -0.1) is 0 Å². The lowest BCUT2D eigenvalue weighted by atomic mass is 9.90. The van der Waals surface area contributed by atoms with Crippen LogP contribution in [0.1, 0.15) is 29.9 Å². The van der Waals surface area contributed by atoms with Crippen LogP contribution in [0, 0.1) is 12.7 Å². The van der Waals surface area contributed by atoms with Crippen LogP contribution in [-0.4, -0.2) is 37.0 Å². The Labute approximate surface area is 183 Å². The molecule has 0 bridgehead atoms. The zero-order valence-electron chi connectivity index (χ0n) is 16.8. The van der Waals surface area contributed by atoms with E-state index in [4.69, 9.17) is 16.3 Å². The lowest BCUT2D eigenvalue weighted by molar-refractivity contribution is -0.134. The van der Waals surface area contributed by atoms with E-state index in [9.17, 15) is 18.8 Å². The smallest absolute Gasteiger partial charge is 0.410 e. The first-order valence-corrected chi connectivity index (χ1v) is 10.3. The lowest BCUT2D eigenvalue weighted by Gasteiger charge is -2.37. The predicted octanol–water partition coefficient (Wildman–Crippen LogP) is 3.28. The number of nitrogens with one attached hydrogen (secondary N) is 2. The van der Waals surface area contributed by atoms with Gasteiger partial charge in [0.15, 0.2) is 0 Å². The van der Waals surface area contributed by atoms with Crippen LogP contribution in [0.15, 0.2) is 36.4 Å². The van der Waals surface area contributed by atoms with Gasteiger partial charge in [-0.3, -0.25) is 19.8 Å². The fourth-order valence-corrected chi connectivity index (χ4v) is 3.82. The molecule has 0 unspecified atom stereocenters. The molecular weight excluding hydrogens is 425 g/mol. The van der Waals surface area contributed by atoms with Crippen molar-refractivity contribution in [3.05, 3.63) is 58.4 Å². The van der Waals surface area contributed by atoms with Gasteiger partial charge in [0.2, 0.25) is 11.8 Å². The van der Waals surface area contributed by atoms with Gasteiger partial charge < -0.3 is 10.1 Å². The van der Waals surface area contributed by atoms with Crippen molar-refractivity contribution < 1.29 is 23.5 Å². The number of halogens is 2. The highest BCUT2D eigenvalue weighted by molar-refractivity contribution is 6.31. The quantitative estimate of drug-likeness (QED) is 0.705. The summed E-state index contributed by atoms with van der Waals surface area (Å²) in [6.07, 6.45) is -0.271. The zero-order valence-corrected chi connectivity index (χ0v) is 17.5. The number of amides is 3. The van der Waals surface area contributed by atoms with E-state index in [0.29, 0.717) is 23.8 Å². The second-order valence-corrected chi connectivity index (χ2v) is 8.08. The third-order valence-corrected chi connectivity index (χ3v) is 5.95. The topological polar surface area (TPSA) is 87.7 Å². The second-order valence-electron chi connectivity index (χ2n) is 7.67. The van der Waals surface area contributed by atoms with E-state index >= 15 is 0 Å². The number of anilines is 1. The van der Waals surface area contributed by atoms with Crippen molar-refractivity contribution in [2.45, 2.75) is 31.7 Å². The Hall–Kier alpha value is -2.97. The van der Waals surface area contributed by atoms with E-state index in [2.05, 4.69) is 10.6 Å². The van der Waals surface area contributed by atoms with Gasteiger partial charge in [-0.1, -0.05) is 23.7 Å². The Morgan fingerprint density at radius 3 is 2.58 bits per heavy atom. The third-order valence-electron chi connectivity index (χ3n) is 5.55. The van der Waals surface area contributed by atoms with Gasteiger partial charge in [0.1, 0.15) is 11.6 Å². The molecule has 2 aromatic carbocycles. The van der Waals surface area contributed by atoms with Gasteiger partial charge in [0, 0.05) is 41.9 Å². The van der Waals surface area contributed by atoms with Gasteiger partial charge in [-0.25, -0.2) is 9.18 Å². The number of hydrogen-bond donors (Lipinski definition) is 2. The molecule has 162 valence electrons. The number of benzene rings is 2. The van der Waals surface area contributed by atoms with Gasteiger partial charge in [-0.2, -0.15) is 0 Å². The summed E-state index contributed by atoms with van der Waals surface area (Å²) in [5, 5.41) is 5.86. The van der Waals surface area contributed by atoms with E-state index in [0.717, 1.165) is 11.6 Å². The highest BCUT2D eigenvalue weighted by Gasteiger charge is 2.33. The molecule has 0 radical (unpaired) electrons. The molecule has 2 fully saturated rings. The van der Waals surface area contributed by atoms with Crippen LogP contribution in [0.2, 0.25) is 5.02 Å². The van der Waals surface area contributed by atoms with Gasteiger partial charge in [0.25, 0.3) is 0 Å². The largest absolute Gasteiger partial charge is 0.420 e. The molecule has 2 aromatic rings. The molecule has 31 heavy (non-hydrogen) atoms. The van der Waals surface area contributed by atoms with Crippen LogP contribution in [0.4, 0.5) is 14.9 Å². The second kappa shape index (κ2) is 8.64. The maximum atomic E-state index is 14.7. The Morgan fingerprint density at radius 2 is 1.97 bits per heavy atom. The summed E-state index contributed by atoms with van der Waals surface area (Å²) in [5.41, 5.74) is 1.64. The maximum Gasteiger partial charge on any atom is 0.420 e. The monoisotopic (exact) mass is 445 g/mol. The molecule has 4 rings (SSSR count). The first kappa shape index (κ1) is 21.3. The number of ether oxygens (including phenoxy) is 1. The van der Waals surface area contributed by atoms with E-state index in [1.165, 1.54) is 17.0 Å². The molecule has 2 N–H and O–H groups in total. The van der Waals surface area contributed by atoms with E-state index in [1.807, 2.05) is 13.0 Å². The number of piperidine rings is 1. The van der Waals surface area contributed by atoms with Crippen LogP contribution in [0.5, 0.6) is 5.75 Å². The molecule has 2 aliphatic heterocycles. The van der Waals surface area contributed by atoms with Gasteiger partial charge in [-0.05, 0) is 37.1 Å². The van der Waals surface area contributed by atoms with Gasteiger partial charge >= 0.3 is 6.09 Å². The maximum absolute atomic E-state index is 14.7. The van der Waals surface area contributed by atoms with Crippen molar-refractivity contribution in [1.29, 1.82) is 0 Å². The molecule has 0 aliphatic carbocycles. The SMILES string of the molecule is Cc1ccc(N(C(=O)Oc2ccc([C@@H]3CCC(=O)NC3=O)c(F)c2)C2CNC2)cc1Cl. The summed E-state index contributed by atoms with van der Waals surface area (Å²) in [6, 6.07) is 9.12. The first-order valence-electron chi connectivity index (χ1n) is 9.94. The minimum absolute atomic E-state index is 0.0223. The number of imide groups is 1. The van der Waals surface area contributed by atoms with Crippen molar-refractivity contribution >= 4 is 35.2 Å². The molecule has 0 aromatic heterocycles. The number of carbonyl (C=O) groups excluding carboxylic acids is 3. The molecule has 1 atom stereocenters. The Balaban J connectivity index is 1.53. The Kier molecular flexibility index (Phi) is 5.93. The Morgan fingerprint density at radius 1 is 1.19 bits per heavy atom. The molecule has 0 spiro atoms. The summed E-state index contributed by atoms with van der Waals surface area (Å²) in [4.78, 5) is 37.8. The molecular formula is C22H21ClFN3O4. The summed E-state index contributed by atoms with van der Waals surface area (Å²) in [6.45, 7) is 3.07. The van der Waals surface area contributed by atoms with Crippen LogP contribution in [0.25, 0.3) is 0 Å². The van der Waals surface area contributed by atoms with E-state index in [1.54, 1.807) is 12.1 Å².